The molecule has 0 aliphatic rings. The number of rotatable bonds is 15. The summed E-state index contributed by atoms with van der Waals surface area (Å²) in [6.45, 7) is 10.9. The number of ether oxygens (including phenoxy) is 1. The zero-order valence-electron chi connectivity index (χ0n) is 21.7. The zero-order valence-corrected chi connectivity index (χ0v) is 23.4. The highest BCUT2D eigenvalue weighted by Crippen LogP contribution is 2.24. The normalized spacial score (nSPS) is 11.8. The van der Waals surface area contributed by atoms with Gasteiger partial charge in [-0.2, -0.15) is 9.40 Å². The van der Waals surface area contributed by atoms with Crippen LogP contribution in [0.25, 0.3) is 11.0 Å². The molecule has 0 atom stereocenters. The number of carbonyl (C=O) groups excluding carboxylic acids is 1. The van der Waals surface area contributed by atoms with Crippen molar-refractivity contribution in [3.63, 3.8) is 0 Å². The van der Waals surface area contributed by atoms with Gasteiger partial charge in [0, 0.05) is 38.3 Å². The van der Waals surface area contributed by atoms with Crippen LogP contribution in [0.2, 0.25) is 0 Å². The summed E-state index contributed by atoms with van der Waals surface area (Å²) >= 11 is 1.54. The number of anilines is 1. The third kappa shape index (κ3) is 7.18. The highest BCUT2D eigenvalue weighted by atomic mass is 32.2. The van der Waals surface area contributed by atoms with Crippen molar-refractivity contribution in [2.75, 3.05) is 50.5 Å². The van der Waals surface area contributed by atoms with Gasteiger partial charge in [-0.25, -0.2) is 23.1 Å². The van der Waals surface area contributed by atoms with Crippen molar-refractivity contribution in [1.82, 2.24) is 29.4 Å². The number of sulfonamides is 1. The molecular weight excluding hydrogens is 514 g/mol. The molecule has 0 saturated carbocycles. The van der Waals surface area contributed by atoms with Gasteiger partial charge in [-0.15, -0.1) is 0 Å². The van der Waals surface area contributed by atoms with E-state index in [0.29, 0.717) is 68.1 Å². The van der Waals surface area contributed by atoms with Gasteiger partial charge in [-0.3, -0.25) is 4.79 Å². The molecular formula is C24H35N7O4S2. The van der Waals surface area contributed by atoms with Crippen LogP contribution in [0.5, 0.6) is 0 Å². The summed E-state index contributed by atoms with van der Waals surface area (Å²) in [5.74, 6) is 1.25. The van der Waals surface area contributed by atoms with Crippen LogP contribution in [-0.4, -0.2) is 83.5 Å². The Morgan fingerprint density at radius 1 is 1.08 bits per heavy atom. The van der Waals surface area contributed by atoms with Crippen LogP contribution in [-0.2, 0) is 21.3 Å². The van der Waals surface area contributed by atoms with Gasteiger partial charge in [0.25, 0.3) is 5.91 Å². The predicted octanol–water partition coefficient (Wildman–Crippen LogP) is 2.85. The van der Waals surface area contributed by atoms with E-state index in [9.17, 15) is 13.2 Å². The SMILES string of the molecule is CCOCCNc1nc(SCC)nc2c1cnn2CCNC(=O)c1ccc(S(=O)(=O)N(CC)CC)cc1. The van der Waals surface area contributed by atoms with Gasteiger partial charge in [-0.1, -0.05) is 32.5 Å². The molecule has 2 heterocycles. The minimum atomic E-state index is -3.57. The van der Waals surface area contributed by atoms with E-state index in [1.165, 1.54) is 28.6 Å². The van der Waals surface area contributed by atoms with Crippen LogP contribution in [0.3, 0.4) is 0 Å². The minimum Gasteiger partial charge on any atom is -0.380 e. The third-order valence-electron chi connectivity index (χ3n) is 5.56. The molecule has 202 valence electrons. The van der Waals surface area contributed by atoms with Crippen LogP contribution in [0.1, 0.15) is 38.1 Å². The van der Waals surface area contributed by atoms with E-state index in [2.05, 4.69) is 25.7 Å². The first-order valence-corrected chi connectivity index (χ1v) is 14.8. The molecule has 0 spiro atoms. The van der Waals surface area contributed by atoms with E-state index >= 15 is 0 Å². The maximum Gasteiger partial charge on any atom is 0.251 e. The van der Waals surface area contributed by atoms with E-state index in [-0.39, 0.29) is 10.8 Å². The molecule has 0 fully saturated rings. The summed E-state index contributed by atoms with van der Waals surface area (Å²) in [7, 11) is -3.57. The predicted molar refractivity (Wildman–Crippen MR) is 146 cm³/mol. The van der Waals surface area contributed by atoms with Crippen LogP contribution < -0.4 is 10.6 Å². The number of fused-ring (bicyclic) bond motifs is 1. The van der Waals surface area contributed by atoms with Crippen molar-refractivity contribution >= 4 is 44.5 Å². The number of nitrogens with zero attached hydrogens (tertiary/aromatic N) is 5. The summed E-state index contributed by atoms with van der Waals surface area (Å²) in [5.41, 5.74) is 1.07. The van der Waals surface area contributed by atoms with E-state index in [1.807, 2.05) is 13.8 Å². The Labute approximate surface area is 222 Å². The van der Waals surface area contributed by atoms with Crippen molar-refractivity contribution in [1.29, 1.82) is 0 Å². The van der Waals surface area contributed by atoms with E-state index in [4.69, 9.17) is 4.74 Å². The Balaban J connectivity index is 1.67. The second-order valence-electron chi connectivity index (χ2n) is 7.89. The summed E-state index contributed by atoms with van der Waals surface area (Å²) < 4.78 is 33.8. The number of hydrogen-bond acceptors (Lipinski definition) is 9. The maximum absolute atomic E-state index is 12.7. The average Bonchev–Trinajstić information content (AvgIpc) is 3.30. The Kier molecular flexibility index (Phi) is 10.7. The van der Waals surface area contributed by atoms with E-state index in [0.717, 1.165) is 11.1 Å². The molecule has 2 N–H and O–H groups in total. The number of thioether (sulfide) groups is 1. The van der Waals surface area contributed by atoms with Crippen molar-refractivity contribution in [3.05, 3.63) is 36.0 Å². The van der Waals surface area contributed by atoms with Gasteiger partial charge >= 0.3 is 0 Å². The Morgan fingerprint density at radius 3 is 2.46 bits per heavy atom. The molecule has 37 heavy (non-hydrogen) atoms. The summed E-state index contributed by atoms with van der Waals surface area (Å²) in [5, 5.41) is 12.1. The number of nitrogens with one attached hydrogen (secondary N) is 2. The lowest BCUT2D eigenvalue weighted by Gasteiger charge is -2.18. The smallest absolute Gasteiger partial charge is 0.251 e. The fourth-order valence-electron chi connectivity index (χ4n) is 3.68. The van der Waals surface area contributed by atoms with Gasteiger partial charge in [0.2, 0.25) is 10.0 Å². The average molecular weight is 550 g/mol. The summed E-state index contributed by atoms with van der Waals surface area (Å²) in [6, 6.07) is 5.98. The molecule has 1 amide bonds. The summed E-state index contributed by atoms with van der Waals surface area (Å²) in [6.07, 6.45) is 1.72. The van der Waals surface area contributed by atoms with Crippen molar-refractivity contribution < 1.29 is 17.9 Å². The Hall–Kier alpha value is -2.74. The van der Waals surface area contributed by atoms with Crippen LogP contribution in [0.4, 0.5) is 5.82 Å². The molecule has 11 nitrogen and oxygen atoms in total. The van der Waals surface area contributed by atoms with Gasteiger partial charge in [-0.05, 0) is 36.9 Å². The summed E-state index contributed by atoms with van der Waals surface area (Å²) in [4.78, 5) is 22.1. The largest absolute Gasteiger partial charge is 0.380 e. The second kappa shape index (κ2) is 13.7. The molecule has 0 aliphatic heterocycles. The molecule has 3 aromatic rings. The number of aromatic nitrogens is 4. The quantitative estimate of drug-likeness (QED) is 0.167. The lowest BCUT2D eigenvalue weighted by molar-refractivity contribution is 0.0952. The highest BCUT2D eigenvalue weighted by Gasteiger charge is 2.21. The monoisotopic (exact) mass is 549 g/mol. The molecule has 0 saturated heterocycles. The first kappa shape index (κ1) is 28.8. The molecule has 1 aromatic carbocycles. The highest BCUT2D eigenvalue weighted by molar-refractivity contribution is 7.99. The minimum absolute atomic E-state index is 0.168. The molecule has 0 unspecified atom stereocenters. The number of amides is 1. The molecule has 0 aliphatic carbocycles. The fourth-order valence-corrected chi connectivity index (χ4v) is 5.70. The van der Waals surface area contributed by atoms with E-state index < -0.39 is 10.0 Å². The molecule has 0 radical (unpaired) electrons. The first-order valence-electron chi connectivity index (χ1n) is 12.4. The van der Waals surface area contributed by atoms with Crippen molar-refractivity contribution in [2.45, 2.75) is 44.3 Å². The Morgan fingerprint density at radius 2 is 1.81 bits per heavy atom. The van der Waals surface area contributed by atoms with Gasteiger partial charge in [0.1, 0.15) is 5.82 Å². The standard InChI is InChI=1S/C24H35N7O4S2/c1-5-30(6-2)37(33,34)19-11-9-18(10-12-19)23(32)26-13-15-31-22-20(17-27-31)21(25-14-16-35-7-3)28-24(29-22)36-8-4/h9-12,17H,5-8,13-16H2,1-4H3,(H,26,32)(H,25,28,29). The van der Waals surface area contributed by atoms with Crippen molar-refractivity contribution in [3.8, 4) is 0 Å². The molecule has 0 bridgehead atoms. The van der Waals surface area contributed by atoms with Gasteiger partial charge < -0.3 is 15.4 Å². The second-order valence-corrected chi connectivity index (χ2v) is 11.1. The molecule has 3 rings (SSSR count). The van der Waals surface area contributed by atoms with E-state index in [1.54, 1.807) is 36.5 Å². The van der Waals surface area contributed by atoms with Crippen molar-refractivity contribution in [2.24, 2.45) is 0 Å². The lowest BCUT2D eigenvalue weighted by atomic mass is 10.2. The maximum atomic E-state index is 12.7. The van der Waals surface area contributed by atoms with Crippen LogP contribution >= 0.6 is 11.8 Å². The number of hydrogen-bond donors (Lipinski definition) is 2. The van der Waals surface area contributed by atoms with Gasteiger partial charge in [0.15, 0.2) is 10.8 Å². The first-order chi connectivity index (χ1) is 17.8. The third-order valence-corrected chi connectivity index (χ3v) is 8.35. The molecule has 2 aromatic heterocycles. The molecule has 13 heteroatoms. The topological polar surface area (TPSA) is 131 Å². The number of carbonyl (C=O) groups is 1. The van der Waals surface area contributed by atoms with Crippen LogP contribution in [0.15, 0.2) is 40.5 Å². The van der Waals surface area contributed by atoms with Gasteiger partial charge in [0.05, 0.1) is 29.6 Å². The fraction of sp³-hybridized carbons (Fsp3) is 0.500. The van der Waals surface area contributed by atoms with Crippen LogP contribution in [0, 0.1) is 0 Å². The number of benzene rings is 1. The Bertz CT molecular complexity index is 1280. The lowest BCUT2D eigenvalue weighted by Crippen LogP contribution is -2.31. The zero-order chi connectivity index (χ0) is 26.8.